The van der Waals surface area contributed by atoms with Crippen molar-refractivity contribution in [2.75, 3.05) is 0 Å². The third-order valence-corrected chi connectivity index (χ3v) is 3.48. The molecular weight excluding hydrogens is 338 g/mol. The summed E-state index contributed by atoms with van der Waals surface area (Å²) in [5.74, 6) is 0.875. The lowest BCUT2D eigenvalue weighted by Gasteiger charge is -2.04. The number of benzene rings is 1. The molecule has 0 atom stereocenters. The predicted molar refractivity (Wildman–Crippen MR) is 92.7 cm³/mol. The van der Waals surface area contributed by atoms with Gasteiger partial charge in [-0.2, -0.15) is 5.10 Å². The van der Waals surface area contributed by atoms with Gasteiger partial charge in [0.1, 0.15) is 23.8 Å². The fourth-order valence-electron chi connectivity index (χ4n) is 2.23. The van der Waals surface area contributed by atoms with Crippen molar-refractivity contribution in [3.8, 4) is 5.75 Å². The van der Waals surface area contributed by atoms with Crippen molar-refractivity contribution in [3.05, 3.63) is 82.1 Å². The van der Waals surface area contributed by atoms with Gasteiger partial charge in [-0.3, -0.25) is 19.6 Å². The molecule has 0 bridgehead atoms. The molecule has 0 aliphatic rings. The standard InChI is InChI=1S/C18H15N3O5/c1-20-11-10-15(19-20)17(22)9-8-13-6-7-14(26-13)12-25-18-5-3-2-4-16(18)21(23)24/h2-11H,12H2,1H3. The van der Waals surface area contributed by atoms with Gasteiger partial charge in [-0.15, -0.1) is 0 Å². The van der Waals surface area contributed by atoms with E-state index in [1.807, 2.05) is 0 Å². The highest BCUT2D eigenvalue weighted by Gasteiger charge is 2.14. The molecule has 0 fully saturated rings. The maximum absolute atomic E-state index is 12.0. The average molecular weight is 353 g/mol. The van der Waals surface area contributed by atoms with E-state index in [2.05, 4.69) is 5.10 Å². The van der Waals surface area contributed by atoms with Crippen molar-refractivity contribution in [3.63, 3.8) is 0 Å². The molecule has 8 heteroatoms. The molecule has 0 aliphatic heterocycles. The zero-order valence-corrected chi connectivity index (χ0v) is 13.9. The lowest BCUT2D eigenvalue weighted by atomic mass is 10.2. The first-order chi connectivity index (χ1) is 12.5. The van der Waals surface area contributed by atoms with Gasteiger partial charge in [-0.05, 0) is 36.4 Å². The minimum Gasteiger partial charge on any atom is -0.479 e. The summed E-state index contributed by atoms with van der Waals surface area (Å²) in [4.78, 5) is 22.4. The van der Waals surface area contributed by atoms with Crippen LogP contribution in [0.4, 0.5) is 5.69 Å². The second kappa shape index (κ2) is 7.47. The van der Waals surface area contributed by atoms with Gasteiger partial charge in [0.2, 0.25) is 5.78 Å². The summed E-state index contributed by atoms with van der Waals surface area (Å²) in [6.07, 6.45) is 4.59. The molecule has 2 aromatic heterocycles. The Kier molecular flexibility index (Phi) is 4.93. The second-order valence-corrected chi connectivity index (χ2v) is 5.39. The molecule has 0 N–H and O–H groups in total. The molecule has 0 unspecified atom stereocenters. The highest BCUT2D eigenvalue weighted by Crippen LogP contribution is 2.26. The largest absolute Gasteiger partial charge is 0.479 e. The fraction of sp³-hybridized carbons (Fsp3) is 0.111. The van der Waals surface area contributed by atoms with E-state index in [0.717, 1.165) is 0 Å². The van der Waals surface area contributed by atoms with E-state index in [-0.39, 0.29) is 23.8 Å². The van der Waals surface area contributed by atoms with Crippen molar-refractivity contribution >= 4 is 17.5 Å². The number of aromatic nitrogens is 2. The van der Waals surface area contributed by atoms with Gasteiger partial charge in [-0.1, -0.05) is 12.1 Å². The Morgan fingerprint density at radius 3 is 2.85 bits per heavy atom. The number of nitro benzene ring substituents is 1. The zero-order valence-electron chi connectivity index (χ0n) is 13.9. The van der Waals surface area contributed by atoms with Crippen LogP contribution in [0.3, 0.4) is 0 Å². The van der Waals surface area contributed by atoms with Crippen LogP contribution in [0.15, 0.2) is 59.2 Å². The molecule has 1 aromatic carbocycles. The number of carbonyl (C=O) groups is 1. The third kappa shape index (κ3) is 4.04. The highest BCUT2D eigenvalue weighted by molar-refractivity contribution is 6.05. The fourth-order valence-corrected chi connectivity index (χ4v) is 2.23. The number of aryl methyl sites for hydroxylation is 1. The number of nitro groups is 1. The third-order valence-electron chi connectivity index (χ3n) is 3.48. The number of para-hydroxylation sites is 2. The number of rotatable bonds is 7. The monoisotopic (exact) mass is 353 g/mol. The Labute approximate surface area is 148 Å². The van der Waals surface area contributed by atoms with Gasteiger partial charge in [-0.25, -0.2) is 0 Å². The van der Waals surface area contributed by atoms with Gasteiger partial charge in [0, 0.05) is 19.3 Å². The number of furan rings is 1. The molecule has 0 spiro atoms. The number of hydrogen-bond donors (Lipinski definition) is 0. The maximum Gasteiger partial charge on any atom is 0.310 e. The number of nitrogens with zero attached hydrogens (tertiary/aromatic N) is 3. The van der Waals surface area contributed by atoms with E-state index in [1.54, 1.807) is 48.3 Å². The lowest BCUT2D eigenvalue weighted by molar-refractivity contribution is -0.386. The van der Waals surface area contributed by atoms with E-state index in [0.29, 0.717) is 17.2 Å². The van der Waals surface area contributed by atoms with Crippen LogP contribution in [0.25, 0.3) is 6.08 Å². The summed E-state index contributed by atoms with van der Waals surface area (Å²) in [6, 6.07) is 11.1. The second-order valence-electron chi connectivity index (χ2n) is 5.39. The molecule has 2 heterocycles. The summed E-state index contributed by atoms with van der Waals surface area (Å²) >= 11 is 0. The quantitative estimate of drug-likeness (QED) is 0.279. The summed E-state index contributed by atoms with van der Waals surface area (Å²) < 4.78 is 12.5. The van der Waals surface area contributed by atoms with Crippen LogP contribution in [-0.4, -0.2) is 20.5 Å². The number of carbonyl (C=O) groups excluding carboxylic acids is 1. The highest BCUT2D eigenvalue weighted by atomic mass is 16.6. The first-order valence-electron chi connectivity index (χ1n) is 7.70. The van der Waals surface area contributed by atoms with Crippen LogP contribution < -0.4 is 4.74 Å². The molecule has 0 saturated carbocycles. The van der Waals surface area contributed by atoms with Gasteiger partial charge in [0.25, 0.3) is 0 Å². The van der Waals surface area contributed by atoms with E-state index in [9.17, 15) is 14.9 Å². The smallest absolute Gasteiger partial charge is 0.310 e. The Hall–Kier alpha value is -3.68. The van der Waals surface area contributed by atoms with Gasteiger partial charge in [0.05, 0.1) is 4.92 Å². The first kappa shape index (κ1) is 17.2. The topological polar surface area (TPSA) is 100 Å². The normalized spacial score (nSPS) is 11.0. The van der Waals surface area contributed by atoms with Crippen molar-refractivity contribution in [1.82, 2.24) is 9.78 Å². The van der Waals surface area contributed by atoms with Crippen LogP contribution in [0.1, 0.15) is 22.0 Å². The predicted octanol–water partition coefficient (Wildman–Crippen LogP) is 3.40. The molecule has 0 radical (unpaired) electrons. The average Bonchev–Trinajstić information content (AvgIpc) is 3.27. The Bertz CT molecular complexity index is 971. The SMILES string of the molecule is Cn1ccc(C(=O)C=Cc2ccc(COc3ccccc3[N+](=O)[O-])o2)n1. The van der Waals surface area contributed by atoms with Gasteiger partial charge in [0.15, 0.2) is 5.75 Å². The van der Waals surface area contributed by atoms with Gasteiger partial charge < -0.3 is 9.15 Å². The Morgan fingerprint density at radius 2 is 2.12 bits per heavy atom. The zero-order chi connectivity index (χ0) is 18.5. The summed E-state index contributed by atoms with van der Waals surface area (Å²) in [6.45, 7) is 0.0346. The van der Waals surface area contributed by atoms with E-state index < -0.39 is 4.92 Å². The Balaban J connectivity index is 1.62. The van der Waals surface area contributed by atoms with Crippen molar-refractivity contribution in [2.24, 2.45) is 7.05 Å². The summed E-state index contributed by atoms with van der Waals surface area (Å²) in [7, 11) is 1.73. The molecular formula is C18H15N3O5. The van der Waals surface area contributed by atoms with Crippen LogP contribution in [0.2, 0.25) is 0 Å². The number of allylic oxidation sites excluding steroid dienone is 1. The van der Waals surface area contributed by atoms with Gasteiger partial charge >= 0.3 is 5.69 Å². The molecule has 0 aliphatic carbocycles. The summed E-state index contributed by atoms with van der Waals surface area (Å²) in [5.41, 5.74) is 0.232. The summed E-state index contributed by atoms with van der Waals surface area (Å²) in [5, 5.41) is 15.0. The van der Waals surface area contributed by atoms with Crippen LogP contribution in [0.5, 0.6) is 5.75 Å². The molecule has 8 nitrogen and oxygen atoms in total. The van der Waals surface area contributed by atoms with Crippen molar-refractivity contribution < 1.29 is 18.9 Å². The van der Waals surface area contributed by atoms with Crippen molar-refractivity contribution in [2.45, 2.75) is 6.61 Å². The number of ether oxygens (including phenoxy) is 1. The number of ketones is 1. The molecule has 0 amide bonds. The van der Waals surface area contributed by atoms with Crippen LogP contribution in [0, 0.1) is 10.1 Å². The maximum atomic E-state index is 12.0. The molecule has 0 saturated heterocycles. The van der Waals surface area contributed by atoms with Crippen molar-refractivity contribution in [1.29, 1.82) is 0 Å². The molecule has 26 heavy (non-hydrogen) atoms. The molecule has 3 aromatic rings. The van der Waals surface area contributed by atoms with E-state index in [4.69, 9.17) is 9.15 Å². The Morgan fingerprint density at radius 1 is 1.31 bits per heavy atom. The molecule has 3 rings (SSSR count). The minimum atomic E-state index is -0.505. The minimum absolute atomic E-state index is 0.0346. The van der Waals surface area contributed by atoms with E-state index in [1.165, 1.54) is 24.3 Å². The van der Waals surface area contributed by atoms with Crippen LogP contribution >= 0.6 is 0 Å². The molecule has 132 valence electrons. The van der Waals surface area contributed by atoms with E-state index >= 15 is 0 Å². The number of hydrogen-bond acceptors (Lipinski definition) is 6. The van der Waals surface area contributed by atoms with Crippen LogP contribution in [-0.2, 0) is 13.7 Å². The first-order valence-corrected chi connectivity index (χ1v) is 7.70. The lowest BCUT2D eigenvalue weighted by Crippen LogP contribution is -1.98.